The number of carbonyl (C=O) groups excluding carboxylic acids is 3. The SMILES string of the molecule is COc1cccc(CC(=O)N2CCN(C(=O)C3CCC(=O)N3)CC2)c1. The van der Waals surface area contributed by atoms with Crippen LogP contribution in [0, 0.1) is 0 Å². The van der Waals surface area contributed by atoms with E-state index in [0.717, 1.165) is 11.3 Å². The predicted octanol–water partition coefficient (Wildman–Crippen LogP) is 0.187. The number of hydrogen-bond donors (Lipinski definition) is 1. The van der Waals surface area contributed by atoms with Gasteiger partial charge in [-0.2, -0.15) is 0 Å². The molecule has 2 aliphatic rings. The zero-order valence-electron chi connectivity index (χ0n) is 14.4. The number of rotatable bonds is 4. The Morgan fingerprint density at radius 1 is 1.20 bits per heavy atom. The van der Waals surface area contributed by atoms with Gasteiger partial charge in [0.05, 0.1) is 13.5 Å². The Morgan fingerprint density at radius 3 is 2.56 bits per heavy atom. The Labute approximate surface area is 146 Å². The molecule has 0 radical (unpaired) electrons. The van der Waals surface area contributed by atoms with Crippen LogP contribution in [-0.4, -0.2) is 66.9 Å². The van der Waals surface area contributed by atoms with Crippen LogP contribution in [0.1, 0.15) is 18.4 Å². The second-order valence-electron chi connectivity index (χ2n) is 6.39. The van der Waals surface area contributed by atoms with E-state index in [0.29, 0.717) is 45.4 Å². The molecule has 2 heterocycles. The first-order valence-electron chi connectivity index (χ1n) is 8.55. The topological polar surface area (TPSA) is 79.0 Å². The zero-order valence-corrected chi connectivity index (χ0v) is 14.4. The first-order valence-corrected chi connectivity index (χ1v) is 8.55. The molecule has 1 atom stereocenters. The van der Waals surface area contributed by atoms with E-state index >= 15 is 0 Å². The maximum Gasteiger partial charge on any atom is 0.245 e. The molecule has 7 heteroatoms. The van der Waals surface area contributed by atoms with Gasteiger partial charge in [-0.05, 0) is 24.1 Å². The van der Waals surface area contributed by atoms with E-state index < -0.39 is 6.04 Å². The molecule has 1 aromatic carbocycles. The highest BCUT2D eigenvalue weighted by atomic mass is 16.5. The molecule has 3 amide bonds. The summed E-state index contributed by atoms with van der Waals surface area (Å²) in [5.74, 6) is 0.685. The molecule has 7 nitrogen and oxygen atoms in total. The third-order valence-corrected chi connectivity index (χ3v) is 4.73. The number of ether oxygens (including phenoxy) is 1. The molecule has 1 aromatic rings. The molecule has 0 aliphatic carbocycles. The zero-order chi connectivity index (χ0) is 17.8. The smallest absolute Gasteiger partial charge is 0.245 e. The van der Waals surface area contributed by atoms with Crippen molar-refractivity contribution in [1.82, 2.24) is 15.1 Å². The van der Waals surface area contributed by atoms with Crippen molar-refractivity contribution >= 4 is 17.7 Å². The second-order valence-corrected chi connectivity index (χ2v) is 6.39. The first-order chi connectivity index (χ1) is 12.1. The van der Waals surface area contributed by atoms with E-state index in [1.165, 1.54) is 0 Å². The molecule has 3 rings (SSSR count). The average Bonchev–Trinajstić information content (AvgIpc) is 3.07. The third kappa shape index (κ3) is 4.10. The molecule has 2 aliphatic heterocycles. The van der Waals surface area contributed by atoms with E-state index in [1.54, 1.807) is 16.9 Å². The highest BCUT2D eigenvalue weighted by Crippen LogP contribution is 2.15. The lowest BCUT2D eigenvalue weighted by molar-refractivity contribution is -0.140. The normalized spacial score (nSPS) is 20.4. The molecule has 0 bridgehead atoms. The number of nitrogens with one attached hydrogen (secondary N) is 1. The van der Waals surface area contributed by atoms with Gasteiger partial charge in [-0.15, -0.1) is 0 Å². The van der Waals surface area contributed by atoms with Crippen LogP contribution in [0.4, 0.5) is 0 Å². The highest BCUT2D eigenvalue weighted by Gasteiger charge is 2.32. The summed E-state index contributed by atoms with van der Waals surface area (Å²) in [7, 11) is 1.60. The van der Waals surface area contributed by atoms with Gasteiger partial charge in [0.1, 0.15) is 11.8 Å². The summed E-state index contributed by atoms with van der Waals surface area (Å²) in [5.41, 5.74) is 0.913. The Hall–Kier alpha value is -2.57. The summed E-state index contributed by atoms with van der Waals surface area (Å²) in [5, 5.41) is 2.71. The Bertz CT molecular complexity index is 668. The lowest BCUT2D eigenvalue weighted by atomic mass is 10.1. The summed E-state index contributed by atoms with van der Waals surface area (Å²) < 4.78 is 5.18. The van der Waals surface area contributed by atoms with Crippen LogP contribution in [0.15, 0.2) is 24.3 Å². The molecule has 2 fully saturated rings. The maximum absolute atomic E-state index is 12.5. The molecular weight excluding hydrogens is 322 g/mol. The Morgan fingerprint density at radius 2 is 1.92 bits per heavy atom. The number of hydrogen-bond acceptors (Lipinski definition) is 4. The first kappa shape index (κ1) is 17.3. The molecule has 1 unspecified atom stereocenters. The maximum atomic E-state index is 12.5. The van der Waals surface area contributed by atoms with Gasteiger partial charge in [0.15, 0.2) is 0 Å². The molecule has 0 aromatic heterocycles. The van der Waals surface area contributed by atoms with E-state index in [9.17, 15) is 14.4 Å². The van der Waals surface area contributed by atoms with Gasteiger partial charge in [0, 0.05) is 32.6 Å². The molecule has 25 heavy (non-hydrogen) atoms. The Balaban J connectivity index is 1.50. The van der Waals surface area contributed by atoms with Crippen molar-refractivity contribution in [3.05, 3.63) is 29.8 Å². The fourth-order valence-corrected chi connectivity index (χ4v) is 3.26. The fraction of sp³-hybridized carbons (Fsp3) is 0.500. The van der Waals surface area contributed by atoms with Crippen molar-refractivity contribution in [3.8, 4) is 5.75 Å². The highest BCUT2D eigenvalue weighted by molar-refractivity contribution is 5.91. The average molecular weight is 345 g/mol. The molecular formula is C18H23N3O4. The van der Waals surface area contributed by atoms with Crippen molar-refractivity contribution in [2.24, 2.45) is 0 Å². The number of carbonyl (C=O) groups is 3. The van der Waals surface area contributed by atoms with Crippen LogP contribution >= 0.6 is 0 Å². The lowest BCUT2D eigenvalue weighted by Gasteiger charge is -2.36. The monoisotopic (exact) mass is 345 g/mol. The van der Waals surface area contributed by atoms with Gasteiger partial charge < -0.3 is 19.9 Å². The molecule has 0 spiro atoms. The van der Waals surface area contributed by atoms with Crippen LogP contribution in [0.5, 0.6) is 5.75 Å². The van der Waals surface area contributed by atoms with E-state index in [2.05, 4.69) is 5.32 Å². The van der Waals surface area contributed by atoms with Gasteiger partial charge >= 0.3 is 0 Å². The van der Waals surface area contributed by atoms with Gasteiger partial charge in [-0.25, -0.2) is 0 Å². The molecule has 1 N–H and O–H groups in total. The summed E-state index contributed by atoms with van der Waals surface area (Å²) in [4.78, 5) is 39.6. The summed E-state index contributed by atoms with van der Waals surface area (Å²) in [6.07, 6.45) is 1.30. The quantitative estimate of drug-likeness (QED) is 0.845. The summed E-state index contributed by atoms with van der Waals surface area (Å²) in [6.45, 7) is 2.06. The van der Waals surface area contributed by atoms with Crippen molar-refractivity contribution in [1.29, 1.82) is 0 Å². The van der Waals surface area contributed by atoms with Crippen molar-refractivity contribution in [2.45, 2.75) is 25.3 Å². The molecule has 0 saturated carbocycles. The van der Waals surface area contributed by atoms with Crippen LogP contribution in [0.2, 0.25) is 0 Å². The van der Waals surface area contributed by atoms with E-state index in [1.807, 2.05) is 24.3 Å². The largest absolute Gasteiger partial charge is 0.497 e. The lowest BCUT2D eigenvalue weighted by Crippen LogP contribution is -2.54. The minimum Gasteiger partial charge on any atom is -0.497 e. The summed E-state index contributed by atoms with van der Waals surface area (Å²) >= 11 is 0. The summed E-state index contributed by atoms with van der Waals surface area (Å²) in [6, 6.07) is 7.09. The van der Waals surface area contributed by atoms with Crippen molar-refractivity contribution in [2.75, 3.05) is 33.3 Å². The number of benzene rings is 1. The number of methoxy groups -OCH3 is 1. The van der Waals surface area contributed by atoms with Crippen LogP contribution in [0.25, 0.3) is 0 Å². The minimum atomic E-state index is -0.397. The number of nitrogens with zero attached hydrogens (tertiary/aromatic N) is 2. The van der Waals surface area contributed by atoms with Crippen LogP contribution in [-0.2, 0) is 20.8 Å². The number of amides is 3. The van der Waals surface area contributed by atoms with Crippen LogP contribution in [0.3, 0.4) is 0 Å². The Kier molecular flexibility index (Phi) is 5.21. The number of piperazine rings is 1. The third-order valence-electron chi connectivity index (χ3n) is 4.73. The van der Waals surface area contributed by atoms with Gasteiger partial charge in [0.25, 0.3) is 0 Å². The standard InChI is InChI=1S/C18H23N3O4/c1-25-14-4-2-3-13(11-14)12-17(23)20-7-9-21(10-8-20)18(24)15-5-6-16(22)19-15/h2-4,11,15H,5-10,12H2,1H3,(H,19,22). The van der Waals surface area contributed by atoms with Gasteiger partial charge in [-0.3, -0.25) is 14.4 Å². The second kappa shape index (κ2) is 7.55. The van der Waals surface area contributed by atoms with E-state index in [4.69, 9.17) is 4.74 Å². The predicted molar refractivity (Wildman–Crippen MR) is 91.0 cm³/mol. The van der Waals surface area contributed by atoms with Crippen molar-refractivity contribution in [3.63, 3.8) is 0 Å². The van der Waals surface area contributed by atoms with Crippen LogP contribution < -0.4 is 10.1 Å². The van der Waals surface area contributed by atoms with E-state index in [-0.39, 0.29) is 17.7 Å². The van der Waals surface area contributed by atoms with Crippen molar-refractivity contribution < 1.29 is 19.1 Å². The fourth-order valence-electron chi connectivity index (χ4n) is 3.26. The van der Waals surface area contributed by atoms with Gasteiger partial charge in [0.2, 0.25) is 17.7 Å². The molecule has 2 saturated heterocycles. The molecule has 134 valence electrons. The minimum absolute atomic E-state index is 0.0363. The van der Waals surface area contributed by atoms with Gasteiger partial charge in [-0.1, -0.05) is 12.1 Å².